The van der Waals surface area contributed by atoms with Crippen LogP contribution in [-0.2, 0) is 0 Å². The largest absolute Gasteiger partial charge is 0.506 e. The Morgan fingerprint density at radius 1 is 1.17 bits per heavy atom. The maximum atomic E-state index is 10.9. The minimum absolute atomic E-state index is 0.0289. The lowest BCUT2D eigenvalue weighted by molar-refractivity contribution is -0.385. The molecule has 116 valence electrons. The average molecular weight is 316 g/mol. The van der Waals surface area contributed by atoms with Gasteiger partial charge in [-0.15, -0.1) is 0 Å². The van der Waals surface area contributed by atoms with Crippen LogP contribution >= 0.6 is 0 Å². The van der Waals surface area contributed by atoms with Crippen molar-refractivity contribution >= 4 is 5.69 Å². The Bertz CT molecular complexity index is 907. The number of phenolic OH excluding ortho intramolecular Hbond substituents is 2. The first-order valence-corrected chi connectivity index (χ1v) is 6.16. The number of hydrogen-bond donors (Lipinski definition) is 3. The summed E-state index contributed by atoms with van der Waals surface area (Å²) in [6.45, 7) is 0. The molecule has 0 aliphatic heterocycles. The van der Waals surface area contributed by atoms with Crippen LogP contribution in [0.1, 0.15) is 0 Å². The predicted octanol–water partition coefficient (Wildman–Crippen LogP) is 1.82. The van der Waals surface area contributed by atoms with Gasteiger partial charge in [-0.05, 0) is 18.2 Å². The van der Waals surface area contributed by atoms with E-state index in [9.17, 15) is 25.4 Å². The van der Waals surface area contributed by atoms with Crippen molar-refractivity contribution in [1.29, 1.82) is 0 Å². The molecule has 0 aliphatic rings. The van der Waals surface area contributed by atoms with Crippen LogP contribution < -0.4 is 0 Å². The zero-order valence-corrected chi connectivity index (χ0v) is 11.2. The molecule has 0 unspecified atom stereocenters. The highest BCUT2D eigenvalue weighted by molar-refractivity contribution is 5.69. The van der Waals surface area contributed by atoms with Crippen LogP contribution in [0, 0.1) is 10.1 Å². The van der Waals surface area contributed by atoms with Crippen LogP contribution in [0.3, 0.4) is 0 Å². The highest BCUT2D eigenvalue weighted by Gasteiger charge is 2.22. The van der Waals surface area contributed by atoms with E-state index in [-0.39, 0.29) is 28.7 Å². The van der Waals surface area contributed by atoms with E-state index in [1.807, 2.05) is 0 Å². The minimum atomic E-state index is -0.861. The van der Waals surface area contributed by atoms with Crippen molar-refractivity contribution in [3.05, 3.63) is 40.6 Å². The summed E-state index contributed by atoms with van der Waals surface area (Å²) < 4.78 is 4.96. The summed E-state index contributed by atoms with van der Waals surface area (Å²) in [4.78, 5) is 17.9. The zero-order valence-electron chi connectivity index (χ0n) is 11.2. The van der Waals surface area contributed by atoms with Crippen molar-refractivity contribution in [2.24, 2.45) is 0 Å². The van der Waals surface area contributed by atoms with Gasteiger partial charge in [0.15, 0.2) is 11.4 Å². The standard InChI is InChI=1S/C13H8N4O6/c18-8-2-1-3-14-10(8)12-15-13(23-16-12)6-4-7(17(21)22)11(20)9(19)5-6/h1-5,18-20H. The minimum Gasteiger partial charge on any atom is -0.506 e. The van der Waals surface area contributed by atoms with Crippen molar-refractivity contribution in [3.63, 3.8) is 0 Å². The van der Waals surface area contributed by atoms with E-state index in [1.54, 1.807) is 0 Å². The van der Waals surface area contributed by atoms with Gasteiger partial charge in [0.1, 0.15) is 5.75 Å². The Morgan fingerprint density at radius 2 is 1.96 bits per heavy atom. The molecule has 0 aliphatic carbocycles. The first-order valence-electron chi connectivity index (χ1n) is 6.16. The third-order valence-electron chi connectivity index (χ3n) is 2.94. The molecular weight excluding hydrogens is 308 g/mol. The monoisotopic (exact) mass is 316 g/mol. The van der Waals surface area contributed by atoms with Crippen LogP contribution in [-0.4, -0.2) is 35.4 Å². The quantitative estimate of drug-likeness (QED) is 0.372. The fraction of sp³-hybridized carbons (Fsp3) is 0. The molecule has 2 heterocycles. The van der Waals surface area contributed by atoms with E-state index in [0.29, 0.717) is 0 Å². The van der Waals surface area contributed by atoms with E-state index in [2.05, 4.69) is 15.1 Å². The van der Waals surface area contributed by atoms with Crippen molar-refractivity contribution in [2.75, 3.05) is 0 Å². The van der Waals surface area contributed by atoms with E-state index in [4.69, 9.17) is 4.52 Å². The maximum absolute atomic E-state index is 10.9. The number of phenols is 2. The molecule has 23 heavy (non-hydrogen) atoms. The lowest BCUT2D eigenvalue weighted by Crippen LogP contribution is -1.90. The Morgan fingerprint density at radius 3 is 2.65 bits per heavy atom. The smallest absolute Gasteiger partial charge is 0.315 e. The number of hydrogen-bond acceptors (Lipinski definition) is 9. The third-order valence-corrected chi connectivity index (χ3v) is 2.94. The Hall–Kier alpha value is -3.69. The number of aromatic hydroxyl groups is 3. The number of rotatable bonds is 3. The fourth-order valence-corrected chi connectivity index (χ4v) is 1.87. The molecule has 0 fully saturated rings. The average Bonchev–Trinajstić information content (AvgIpc) is 2.99. The zero-order chi connectivity index (χ0) is 16.6. The van der Waals surface area contributed by atoms with E-state index in [1.165, 1.54) is 18.3 Å². The van der Waals surface area contributed by atoms with E-state index < -0.39 is 22.1 Å². The van der Waals surface area contributed by atoms with E-state index in [0.717, 1.165) is 12.1 Å². The second kappa shape index (κ2) is 5.26. The molecule has 0 saturated carbocycles. The van der Waals surface area contributed by atoms with E-state index >= 15 is 0 Å². The van der Waals surface area contributed by atoms with Crippen LogP contribution in [0.15, 0.2) is 35.0 Å². The summed E-state index contributed by atoms with van der Waals surface area (Å²) in [6, 6.07) is 4.92. The molecule has 3 aromatic rings. The second-order valence-electron chi connectivity index (χ2n) is 4.41. The molecule has 3 rings (SSSR count). The Labute approximate surface area is 127 Å². The number of aromatic nitrogens is 3. The lowest BCUT2D eigenvalue weighted by atomic mass is 10.1. The molecule has 0 radical (unpaired) electrons. The molecule has 10 nitrogen and oxygen atoms in total. The van der Waals surface area contributed by atoms with Crippen molar-refractivity contribution < 1.29 is 24.8 Å². The van der Waals surface area contributed by atoms with Gasteiger partial charge in [0.25, 0.3) is 5.89 Å². The van der Waals surface area contributed by atoms with Crippen LogP contribution in [0.5, 0.6) is 17.2 Å². The molecule has 0 amide bonds. The molecule has 1 aromatic carbocycles. The molecule has 0 saturated heterocycles. The molecule has 0 bridgehead atoms. The van der Waals surface area contributed by atoms with Crippen LogP contribution in [0.4, 0.5) is 5.69 Å². The van der Waals surface area contributed by atoms with Crippen LogP contribution in [0.25, 0.3) is 23.0 Å². The first kappa shape index (κ1) is 14.3. The number of nitro groups is 1. The van der Waals surface area contributed by atoms with Gasteiger partial charge in [0, 0.05) is 12.3 Å². The number of nitrogens with zero attached hydrogens (tertiary/aromatic N) is 4. The SMILES string of the molecule is O=[N+]([O-])c1cc(-c2nc(-c3ncccc3O)no2)cc(O)c1O. The normalized spacial score (nSPS) is 10.6. The number of nitro benzene ring substituents is 1. The highest BCUT2D eigenvalue weighted by atomic mass is 16.6. The fourth-order valence-electron chi connectivity index (χ4n) is 1.87. The van der Waals surface area contributed by atoms with Gasteiger partial charge in [0.05, 0.1) is 10.5 Å². The van der Waals surface area contributed by atoms with Crippen molar-refractivity contribution in [3.8, 4) is 40.2 Å². The molecule has 0 spiro atoms. The lowest BCUT2D eigenvalue weighted by Gasteiger charge is -2.01. The summed E-state index contributed by atoms with van der Waals surface area (Å²) in [5.74, 6) is -1.91. The first-order chi connectivity index (χ1) is 11.0. The second-order valence-corrected chi connectivity index (χ2v) is 4.41. The summed E-state index contributed by atoms with van der Waals surface area (Å²) in [6.07, 6.45) is 1.42. The molecule has 3 N–H and O–H groups in total. The van der Waals surface area contributed by atoms with Gasteiger partial charge in [-0.1, -0.05) is 5.16 Å². The summed E-state index contributed by atoms with van der Waals surface area (Å²) >= 11 is 0. The Kier molecular flexibility index (Phi) is 3.26. The van der Waals surface area contributed by atoms with Gasteiger partial charge in [-0.2, -0.15) is 4.98 Å². The Balaban J connectivity index is 2.08. The summed E-state index contributed by atoms with van der Waals surface area (Å²) in [7, 11) is 0. The molecule has 10 heteroatoms. The predicted molar refractivity (Wildman–Crippen MR) is 74.6 cm³/mol. The molecule has 0 atom stereocenters. The summed E-state index contributed by atoms with van der Waals surface area (Å²) in [5.41, 5.74) is -0.610. The molecule has 2 aromatic heterocycles. The van der Waals surface area contributed by atoms with Crippen molar-refractivity contribution in [2.45, 2.75) is 0 Å². The van der Waals surface area contributed by atoms with Crippen LogP contribution in [0.2, 0.25) is 0 Å². The molecular formula is C13H8N4O6. The van der Waals surface area contributed by atoms with Gasteiger partial charge in [0.2, 0.25) is 11.6 Å². The maximum Gasteiger partial charge on any atom is 0.315 e. The van der Waals surface area contributed by atoms with Gasteiger partial charge < -0.3 is 19.8 Å². The van der Waals surface area contributed by atoms with Gasteiger partial charge in [-0.3, -0.25) is 10.1 Å². The topological polar surface area (TPSA) is 156 Å². The third kappa shape index (κ3) is 2.48. The summed E-state index contributed by atoms with van der Waals surface area (Å²) in [5, 5.41) is 43.2. The van der Waals surface area contributed by atoms with Crippen molar-refractivity contribution in [1.82, 2.24) is 15.1 Å². The number of pyridine rings is 1. The number of benzene rings is 1. The van der Waals surface area contributed by atoms with Gasteiger partial charge >= 0.3 is 5.69 Å². The van der Waals surface area contributed by atoms with Gasteiger partial charge in [-0.25, -0.2) is 4.98 Å². The highest BCUT2D eigenvalue weighted by Crippen LogP contribution is 2.39.